The van der Waals surface area contributed by atoms with Gasteiger partial charge in [0.05, 0.1) is 7.11 Å². The molecule has 1 aliphatic rings. The summed E-state index contributed by atoms with van der Waals surface area (Å²) in [6, 6.07) is 6.17. The molecular formula is C13H8F3NO. The van der Waals surface area contributed by atoms with Gasteiger partial charge in [0.15, 0.2) is 0 Å². The van der Waals surface area contributed by atoms with Crippen molar-refractivity contribution in [3.8, 4) is 17.0 Å². The lowest BCUT2D eigenvalue weighted by Crippen LogP contribution is -2.13. The maximum absolute atomic E-state index is 14.1. The van der Waals surface area contributed by atoms with Crippen molar-refractivity contribution in [2.75, 3.05) is 7.11 Å². The van der Waals surface area contributed by atoms with Gasteiger partial charge in [-0.05, 0) is 29.8 Å². The van der Waals surface area contributed by atoms with Gasteiger partial charge in [0.25, 0.3) is 0 Å². The van der Waals surface area contributed by atoms with Crippen LogP contribution in [0.25, 0.3) is 11.1 Å². The first-order chi connectivity index (χ1) is 8.54. The number of aromatic nitrogens is 1. The maximum Gasteiger partial charge on any atom is 0.316 e. The summed E-state index contributed by atoms with van der Waals surface area (Å²) >= 11 is 0. The molecule has 0 atom stereocenters. The summed E-state index contributed by atoms with van der Waals surface area (Å²) in [5.74, 6) is -3.65. The van der Waals surface area contributed by atoms with Gasteiger partial charge in [-0.15, -0.1) is 0 Å². The molecule has 0 saturated heterocycles. The first-order valence-electron chi connectivity index (χ1n) is 5.28. The molecule has 0 fully saturated rings. The molecule has 2 aromatic rings. The standard InChI is InChI=1S/C13H8F3NO/c1-18-11-5-3-8-9-6-7(14)2-4-10(9)13(15,16)12(8)17-11/h2-6H,1H3. The van der Waals surface area contributed by atoms with E-state index in [0.29, 0.717) is 0 Å². The Kier molecular flexibility index (Phi) is 2.14. The van der Waals surface area contributed by atoms with Crippen molar-refractivity contribution in [2.24, 2.45) is 0 Å². The van der Waals surface area contributed by atoms with Crippen molar-refractivity contribution >= 4 is 0 Å². The van der Waals surface area contributed by atoms with Crippen molar-refractivity contribution < 1.29 is 17.9 Å². The van der Waals surface area contributed by atoms with E-state index >= 15 is 0 Å². The minimum Gasteiger partial charge on any atom is -0.481 e. The number of hydrogen-bond donors (Lipinski definition) is 0. The monoisotopic (exact) mass is 251 g/mol. The Morgan fingerprint density at radius 3 is 2.61 bits per heavy atom. The average molecular weight is 251 g/mol. The molecule has 18 heavy (non-hydrogen) atoms. The molecule has 3 rings (SSSR count). The third kappa shape index (κ3) is 1.33. The molecule has 1 aromatic carbocycles. The molecule has 5 heteroatoms. The van der Waals surface area contributed by atoms with E-state index in [2.05, 4.69) is 4.98 Å². The molecular weight excluding hydrogens is 243 g/mol. The van der Waals surface area contributed by atoms with Crippen LogP contribution >= 0.6 is 0 Å². The highest BCUT2D eigenvalue weighted by atomic mass is 19.3. The lowest BCUT2D eigenvalue weighted by atomic mass is 10.1. The highest BCUT2D eigenvalue weighted by Gasteiger charge is 2.46. The minimum absolute atomic E-state index is 0.113. The van der Waals surface area contributed by atoms with Gasteiger partial charge in [-0.3, -0.25) is 0 Å². The van der Waals surface area contributed by atoms with Crippen LogP contribution in [0, 0.1) is 5.82 Å². The minimum atomic E-state index is -3.22. The second kappa shape index (κ2) is 3.48. The topological polar surface area (TPSA) is 22.1 Å². The molecule has 0 unspecified atom stereocenters. The van der Waals surface area contributed by atoms with Crippen LogP contribution in [0.5, 0.6) is 5.88 Å². The van der Waals surface area contributed by atoms with Crippen LogP contribution in [0.4, 0.5) is 13.2 Å². The van der Waals surface area contributed by atoms with Gasteiger partial charge in [0, 0.05) is 17.2 Å². The van der Waals surface area contributed by atoms with Gasteiger partial charge in [0.2, 0.25) is 5.88 Å². The summed E-state index contributed by atoms with van der Waals surface area (Å²) in [4.78, 5) is 3.77. The number of ether oxygens (including phenoxy) is 1. The van der Waals surface area contributed by atoms with E-state index in [4.69, 9.17) is 4.74 Å². The molecule has 2 nitrogen and oxygen atoms in total. The van der Waals surface area contributed by atoms with Crippen molar-refractivity contribution in [1.82, 2.24) is 4.98 Å². The second-order valence-electron chi connectivity index (χ2n) is 4.01. The zero-order chi connectivity index (χ0) is 12.9. The van der Waals surface area contributed by atoms with Gasteiger partial charge in [-0.2, -0.15) is 8.78 Å². The van der Waals surface area contributed by atoms with Crippen LogP contribution in [-0.2, 0) is 5.92 Å². The lowest BCUT2D eigenvalue weighted by Gasteiger charge is -2.11. The van der Waals surface area contributed by atoms with Crippen molar-refractivity contribution in [1.29, 1.82) is 0 Å². The smallest absolute Gasteiger partial charge is 0.316 e. The molecule has 0 amide bonds. The number of nitrogens with zero attached hydrogens (tertiary/aromatic N) is 1. The quantitative estimate of drug-likeness (QED) is 0.775. The van der Waals surface area contributed by atoms with E-state index in [1.54, 1.807) is 0 Å². The molecule has 0 radical (unpaired) electrons. The Morgan fingerprint density at radius 2 is 1.89 bits per heavy atom. The van der Waals surface area contributed by atoms with Crippen LogP contribution < -0.4 is 4.74 Å². The third-order valence-corrected chi connectivity index (χ3v) is 2.99. The Labute approximate surface area is 101 Å². The Balaban J connectivity index is 2.32. The van der Waals surface area contributed by atoms with Crippen molar-refractivity contribution in [3.63, 3.8) is 0 Å². The highest BCUT2D eigenvalue weighted by molar-refractivity contribution is 5.78. The SMILES string of the molecule is COc1ccc2c(n1)C(F)(F)c1ccc(F)cc1-2. The number of halogens is 3. The predicted molar refractivity (Wildman–Crippen MR) is 59.2 cm³/mol. The number of rotatable bonds is 1. The number of benzene rings is 1. The largest absolute Gasteiger partial charge is 0.481 e. The number of alkyl halides is 2. The van der Waals surface area contributed by atoms with Crippen LogP contribution in [0.2, 0.25) is 0 Å². The van der Waals surface area contributed by atoms with Gasteiger partial charge >= 0.3 is 5.92 Å². The summed E-state index contributed by atoms with van der Waals surface area (Å²) in [7, 11) is 1.36. The molecule has 1 heterocycles. The Bertz CT molecular complexity index is 640. The van der Waals surface area contributed by atoms with Crippen LogP contribution in [0.15, 0.2) is 30.3 Å². The van der Waals surface area contributed by atoms with Gasteiger partial charge in [-0.25, -0.2) is 9.37 Å². The Hall–Kier alpha value is -2.04. The summed E-state index contributed by atoms with van der Waals surface area (Å²) in [6.45, 7) is 0. The van der Waals surface area contributed by atoms with E-state index in [1.165, 1.54) is 19.2 Å². The number of hydrogen-bond acceptors (Lipinski definition) is 2. The second-order valence-corrected chi connectivity index (χ2v) is 4.01. The van der Waals surface area contributed by atoms with Gasteiger partial charge < -0.3 is 4.74 Å². The number of fused-ring (bicyclic) bond motifs is 3. The van der Waals surface area contributed by atoms with E-state index < -0.39 is 11.7 Å². The maximum atomic E-state index is 14.1. The van der Waals surface area contributed by atoms with E-state index in [0.717, 1.165) is 18.2 Å². The van der Waals surface area contributed by atoms with Gasteiger partial charge in [0.1, 0.15) is 11.5 Å². The van der Waals surface area contributed by atoms with E-state index in [-0.39, 0.29) is 28.3 Å². The van der Waals surface area contributed by atoms with Gasteiger partial charge in [-0.1, -0.05) is 0 Å². The molecule has 1 aliphatic carbocycles. The predicted octanol–water partition coefficient (Wildman–Crippen LogP) is 3.35. The van der Waals surface area contributed by atoms with Crippen molar-refractivity contribution in [2.45, 2.75) is 5.92 Å². The zero-order valence-electron chi connectivity index (χ0n) is 9.38. The molecule has 0 spiro atoms. The Morgan fingerprint density at radius 1 is 1.11 bits per heavy atom. The number of methoxy groups -OCH3 is 1. The summed E-state index contributed by atoms with van der Waals surface area (Å²) in [5, 5.41) is 0. The summed E-state index contributed by atoms with van der Waals surface area (Å²) in [5.41, 5.74) is -0.178. The van der Waals surface area contributed by atoms with Crippen LogP contribution in [-0.4, -0.2) is 12.1 Å². The van der Waals surface area contributed by atoms with Crippen molar-refractivity contribution in [3.05, 3.63) is 47.4 Å². The van der Waals surface area contributed by atoms with E-state index in [9.17, 15) is 13.2 Å². The van der Waals surface area contributed by atoms with E-state index in [1.807, 2.05) is 0 Å². The fraction of sp³-hybridized carbons (Fsp3) is 0.154. The number of pyridine rings is 1. The molecule has 0 saturated carbocycles. The molecule has 92 valence electrons. The fourth-order valence-electron chi connectivity index (χ4n) is 2.15. The molecule has 0 aliphatic heterocycles. The molecule has 0 N–H and O–H groups in total. The van der Waals surface area contributed by atoms with Crippen LogP contribution in [0.3, 0.4) is 0 Å². The van der Waals surface area contributed by atoms with Crippen LogP contribution in [0.1, 0.15) is 11.3 Å². The summed E-state index contributed by atoms with van der Waals surface area (Å²) < 4.78 is 46.3. The average Bonchev–Trinajstić information content (AvgIpc) is 2.58. The summed E-state index contributed by atoms with van der Waals surface area (Å²) in [6.07, 6.45) is 0. The highest BCUT2D eigenvalue weighted by Crippen LogP contribution is 2.50. The molecule has 1 aromatic heterocycles. The first-order valence-corrected chi connectivity index (χ1v) is 5.28. The third-order valence-electron chi connectivity index (χ3n) is 2.99. The normalized spacial score (nSPS) is 15.1. The lowest BCUT2D eigenvalue weighted by molar-refractivity contribution is 0.0427. The first kappa shape index (κ1) is 11.1. The fourth-order valence-corrected chi connectivity index (χ4v) is 2.15. The zero-order valence-corrected chi connectivity index (χ0v) is 9.38. The molecule has 0 bridgehead atoms.